The Labute approximate surface area is 182 Å². The van der Waals surface area contributed by atoms with Crippen molar-refractivity contribution in [1.82, 2.24) is 15.6 Å². The third-order valence-corrected chi connectivity index (χ3v) is 5.38. The van der Waals surface area contributed by atoms with Crippen LogP contribution < -0.4 is 10.6 Å². The summed E-state index contributed by atoms with van der Waals surface area (Å²) in [6.45, 7) is 4.45. The molecule has 1 unspecified atom stereocenters. The number of amides is 3. The van der Waals surface area contributed by atoms with Crippen LogP contribution in [0.3, 0.4) is 0 Å². The van der Waals surface area contributed by atoms with Gasteiger partial charge in [-0.05, 0) is 25.5 Å². The van der Waals surface area contributed by atoms with E-state index in [0.29, 0.717) is 6.61 Å². The Hall–Kier alpha value is -1.98. The highest BCUT2D eigenvalue weighted by molar-refractivity contribution is 5.90. The van der Waals surface area contributed by atoms with Crippen LogP contribution >= 0.6 is 0 Å². The molecule has 0 spiro atoms. The van der Waals surface area contributed by atoms with Gasteiger partial charge >= 0.3 is 12.1 Å². The molecule has 172 valence electrons. The summed E-state index contributed by atoms with van der Waals surface area (Å²) < 4.78 is 5.07. The quantitative estimate of drug-likeness (QED) is 0.237. The predicted molar refractivity (Wildman–Crippen MR) is 123 cm³/mol. The highest BCUT2D eigenvalue weighted by Crippen LogP contribution is 2.13. The van der Waals surface area contributed by atoms with Crippen LogP contribution in [0.4, 0.5) is 9.59 Å². The smallest absolute Gasteiger partial charge is 0.415 e. The summed E-state index contributed by atoms with van der Waals surface area (Å²) in [6.07, 6.45) is 19.1. The largest absolute Gasteiger partial charge is 0.449 e. The van der Waals surface area contributed by atoms with E-state index in [1.165, 1.54) is 77.0 Å². The van der Waals surface area contributed by atoms with Crippen LogP contribution in [0.15, 0.2) is 18.3 Å². The number of alkyl carbamates (subject to hydrolysis) is 1. The van der Waals surface area contributed by atoms with Crippen molar-refractivity contribution in [3.05, 3.63) is 24.0 Å². The molecule has 0 aliphatic carbocycles. The van der Waals surface area contributed by atoms with E-state index in [9.17, 15) is 9.59 Å². The van der Waals surface area contributed by atoms with Crippen molar-refractivity contribution in [3.63, 3.8) is 0 Å². The summed E-state index contributed by atoms with van der Waals surface area (Å²) >= 11 is 0. The SMILES string of the molecule is CCCCCCCCCCCCCCCCOC(=O)NC(=O)NC(C)c1ccc[nH]1. The molecule has 1 heterocycles. The standard InChI is InChI=1S/C24H43N3O3/c1-3-4-5-6-7-8-9-10-11-12-13-14-15-16-20-30-24(29)27-23(28)26-21(2)22-18-17-19-25-22/h17-19,21,25H,3-16,20H2,1-2H3,(H2,26,27,28,29). The van der Waals surface area contributed by atoms with Gasteiger partial charge < -0.3 is 15.0 Å². The second-order valence-corrected chi connectivity index (χ2v) is 8.18. The number of urea groups is 1. The first-order chi connectivity index (χ1) is 14.6. The third kappa shape index (κ3) is 14.1. The van der Waals surface area contributed by atoms with Gasteiger partial charge in [0.15, 0.2) is 0 Å². The number of hydrogen-bond donors (Lipinski definition) is 3. The number of hydrogen-bond acceptors (Lipinski definition) is 3. The predicted octanol–water partition coefficient (Wildman–Crippen LogP) is 6.99. The molecule has 1 atom stereocenters. The van der Waals surface area contributed by atoms with Crippen LogP contribution in [0.25, 0.3) is 0 Å². The molecule has 3 N–H and O–H groups in total. The maximum atomic E-state index is 11.8. The first kappa shape index (κ1) is 26.1. The maximum absolute atomic E-state index is 11.8. The summed E-state index contributed by atoms with van der Waals surface area (Å²) in [4.78, 5) is 26.5. The molecular weight excluding hydrogens is 378 g/mol. The Morgan fingerprint density at radius 3 is 1.93 bits per heavy atom. The molecule has 0 bridgehead atoms. The van der Waals surface area contributed by atoms with Crippen molar-refractivity contribution < 1.29 is 14.3 Å². The molecule has 0 saturated carbocycles. The fourth-order valence-corrected chi connectivity index (χ4v) is 3.51. The minimum Gasteiger partial charge on any atom is -0.449 e. The monoisotopic (exact) mass is 421 g/mol. The minimum atomic E-state index is -0.694. The van der Waals surface area contributed by atoms with Crippen molar-refractivity contribution in [1.29, 1.82) is 0 Å². The first-order valence-corrected chi connectivity index (χ1v) is 12.0. The zero-order valence-electron chi connectivity index (χ0n) is 19.1. The number of rotatable bonds is 17. The van der Waals surface area contributed by atoms with Gasteiger partial charge in [-0.25, -0.2) is 14.9 Å². The van der Waals surface area contributed by atoms with E-state index in [1.54, 1.807) is 6.20 Å². The summed E-state index contributed by atoms with van der Waals surface area (Å²) in [7, 11) is 0. The Balaban J connectivity index is 1.85. The van der Waals surface area contributed by atoms with E-state index in [2.05, 4.69) is 22.5 Å². The molecule has 1 rings (SSSR count). The molecule has 0 fully saturated rings. The number of aromatic amines is 1. The van der Waals surface area contributed by atoms with E-state index in [1.807, 2.05) is 19.1 Å². The van der Waals surface area contributed by atoms with Crippen LogP contribution in [0.2, 0.25) is 0 Å². The van der Waals surface area contributed by atoms with Crippen molar-refractivity contribution in [3.8, 4) is 0 Å². The summed E-state index contributed by atoms with van der Waals surface area (Å²) in [6, 6.07) is 2.97. The van der Waals surface area contributed by atoms with Gasteiger partial charge in [-0.1, -0.05) is 90.4 Å². The molecule has 30 heavy (non-hydrogen) atoms. The number of unbranched alkanes of at least 4 members (excludes halogenated alkanes) is 13. The van der Waals surface area contributed by atoms with Crippen LogP contribution in [-0.2, 0) is 4.74 Å². The number of aromatic nitrogens is 1. The number of imide groups is 1. The summed E-state index contributed by atoms with van der Waals surface area (Å²) in [5.74, 6) is 0. The topological polar surface area (TPSA) is 83.2 Å². The van der Waals surface area contributed by atoms with E-state index in [0.717, 1.165) is 18.5 Å². The Morgan fingerprint density at radius 1 is 0.900 bits per heavy atom. The van der Waals surface area contributed by atoms with Gasteiger partial charge in [-0.15, -0.1) is 0 Å². The molecular formula is C24H43N3O3. The van der Waals surface area contributed by atoms with E-state index >= 15 is 0 Å². The van der Waals surface area contributed by atoms with E-state index in [-0.39, 0.29) is 6.04 Å². The molecule has 0 aliphatic heterocycles. The minimum absolute atomic E-state index is 0.210. The van der Waals surface area contributed by atoms with Crippen LogP contribution in [0.5, 0.6) is 0 Å². The summed E-state index contributed by atoms with van der Waals surface area (Å²) in [5.41, 5.74) is 0.876. The number of nitrogens with one attached hydrogen (secondary N) is 3. The van der Waals surface area contributed by atoms with Gasteiger partial charge in [0.05, 0.1) is 12.6 Å². The fourth-order valence-electron chi connectivity index (χ4n) is 3.51. The number of carbonyl (C=O) groups excluding carboxylic acids is 2. The molecule has 0 saturated heterocycles. The molecule has 3 amide bonds. The average molecular weight is 422 g/mol. The highest BCUT2D eigenvalue weighted by Gasteiger charge is 2.13. The number of ether oxygens (including phenoxy) is 1. The molecule has 0 aromatic carbocycles. The molecule has 1 aromatic heterocycles. The van der Waals surface area contributed by atoms with Crippen LogP contribution in [-0.4, -0.2) is 23.7 Å². The van der Waals surface area contributed by atoms with E-state index < -0.39 is 12.1 Å². The second kappa shape index (κ2) is 17.8. The van der Waals surface area contributed by atoms with Crippen LogP contribution in [0, 0.1) is 0 Å². The lowest BCUT2D eigenvalue weighted by atomic mass is 10.0. The van der Waals surface area contributed by atoms with Crippen molar-refractivity contribution in [2.75, 3.05) is 6.61 Å². The fraction of sp³-hybridized carbons (Fsp3) is 0.750. The first-order valence-electron chi connectivity index (χ1n) is 12.0. The van der Waals surface area contributed by atoms with Crippen molar-refractivity contribution in [2.45, 2.75) is 110 Å². The van der Waals surface area contributed by atoms with Gasteiger partial charge in [0, 0.05) is 11.9 Å². The van der Waals surface area contributed by atoms with Gasteiger partial charge in [-0.2, -0.15) is 0 Å². The Morgan fingerprint density at radius 2 is 1.43 bits per heavy atom. The van der Waals surface area contributed by atoms with Crippen molar-refractivity contribution in [2.24, 2.45) is 0 Å². The van der Waals surface area contributed by atoms with Crippen LogP contribution in [0.1, 0.15) is 115 Å². The Kier molecular flexibility index (Phi) is 15.5. The molecule has 1 aromatic rings. The zero-order chi connectivity index (χ0) is 21.9. The lowest BCUT2D eigenvalue weighted by Crippen LogP contribution is -2.41. The second-order valence-electron chi connectivity index (χ2n) is 8.18. The van der Waals surface area contributed by atoms with Crippen molar-refractivity contribution >= 4 is 12.1 Å². The number of carbonyl (C=O) groups is 2. The van der Waals surface area contributed by atoms with Gasteiger partial charge in [0.2, 0.25) is 0 Å². The Bertz CT molecular complexity index is 546. The van der Waals surface area contributed by atoms with Gasteiger partial charge in [0.25, 0.3) is 0 Å². The molecule has 0 radical (unpaired) electrons. The number of H-pyrrole nitrogens is 1. The lowest BCUT2D eigenvalue weighted by molar-refractivity contribution is 0.144. The van der Waals surface area contributed by atoms with Gasteiger partial charge in [0.1, 0.15) is 0 Å². The third-order valence-electron chi connectivity index (χ3n) is 5.38. The average Bonchev–Trinajstić information content (AvgIpc) is 3.26. The molecule has 6 heteroatoms. The molecule has 6 nitrogen and oxygen atoms in total. The highest BCUT2D eigenvalue weighted by atomic mass is 16.5. The summed E-state index contributed by atoms with van der Waals surface area (Å²) in [5, 5.41) is 4.88. The lowest BCUT2D eigenvalue weighted by Gasteiger charge is -2.13. The molecule has 0 aliphatic rings. The maximum Gasteiger partial charge on any atom is 0.415 e. The van der Waals surface area contributed by atoms with Gasteiger partial charge in [-0.3, -0.25) is 0 Å². The zero-order valence-corrected chi connectivity index (χ0v) is 19.1. The normalized spacial score (nSPS) is 11.8. The van der Waals surface area contributed by atoms with E-state index in [4.69, 9.17) is 4.74 Å².